The predicted octanol–water partition coefficient (Wildman–Crippen LogP) is 19.2. The zero-order valence-electron chi connectivity index (χ0n) is 51.4. The van der Waals surface area contributed by atoms with E-state index < -0.39 is 53.1 Å². The van der Waals surface area contributed by atoms with E-state index >= 15 is 0 Å². The smallest absolute Gasteiger partial charge is 0.0920 e. The van der Waals surface area contributed by atoms with Crippen LogP contribution in [0.4, 0.5) is 0 Å². The molecular weight excluding hydrogens is 1190 g/mol. The molecule has 1 heterocycles. The molecule has 10 aromatic rings. The van der Waals surface area contributed by atoms with Crippen LogP contribution in [0.5, 0.6) is 0 Å². The SMILES string of the molecule is CCCCc1cc2c(-c3cc([Si](C)(C)C)cc([Si](C)(C)C)c3)c(-c3ccccc3)ccc2[cH-]1.CCCCc1cc2c(-c3cc([Si](C)(C)C)cc([Si](C)(C)C)c3)c(-c3ccccc3)ccc2[cH-]1.[Cl][Zr][Cl].[c-]1cccc2c1[Si]c1ccccc1-2. The number of halogens is 2. The molecule has 0 spiro atoms. The molecule has 2 radical (unpaired) electrons. The van der Waals surface area contributed by atoms with E-state index in [4.69, 9.17) is 17.0 Å². The van der Waals surface area contributed by atoms with E-state index in [1.54, 1.807) is 20.7 Å². The minimum absolute atomic E-state index is 0.795. The van der Waals surface area contributed by atoms with Crippen LogP contribution < -0.4 is 31.1 Å². The zero-order chi connectivity index (χ0) is 59.0. The van der Waals surface area contributed by atoms with Gasteiger partial charge in [-0.25, -0.2) is 0 Å². The Morgan fingerprint density at radius 2 is 0.793 bits per heavy atom. The first-order valence-corrected chi connectivity index (χ1v) is 51.1. The molecule has 10 aromatic carbocycles. The van der Waals surface area contributed by atoms with Gasteiger partial charge in [0.2, 0.25) is 0 Å². The quantitative estimate of drug-likeness (QED) is 0.0752. The first-order valence-electron chi connectivity index (χ1n) is 29.7. The first-order chi connectivity index (χ1) is 39.0. The number of benzene rings is 8. The van der Waals surface area contributed by atoms with Crippen molar-refractivity contribution in [2.24, 2.45) is 0 Å². The summed E-state index contributed by atoms with van der Waals surface area (Å²) in [6, 6.07) is 74.4. The average molecular weight is 1280 g/mol. The third kappa shape index (κ3) is 15.7. The Morgan fingerprint density at radius 3 is 1.18 bits per heavy atom. The van der Waals surface area contributed by atoms with Crippen LogP contribution in [-0.2, 0) is 33.7 Å². The predicted molar refractivity (Wildman–Crippen MR) is 377 cm³/mol. The summed E-state index contributed by atoms with van der Waals surface area (Å²) in [4.78, 5) is 0. The Hall–Kier alpha value is -4.47. The molecule has 1 aliphatic heterocycles. The van der Waals surface area contributed by atoms with Crippen molar-refractivity contribution in [1.29, 1.82) is 0 Å². The third-order valence-corrected chi connectivity index (χ3v) is 25.4. The molecule has 0 nitrogen and oxygen atoms in total. The maximum absolute atomic E-state index is 4.93. The maximum atomic E-state index is 4.93. The van der Waals surface area contributed by atoms with Crippen LogP contribution in [0, 0.1) is 6.07 Å². The zero-order valence-corrected chi connectivity index (χ0v) is 60.4. The monoisotopic (exact) mass is 1270 g/mol. The molecule has 422 valence electrons. The second-order valence-electron chi connectivity index (χ2n) is 26.4. The molecule has 0 amide bonds. The number of hydrogen-bond donors (Lipinski definition) is 0. The Bertz CT molecular complexity index is 3420. The summed E-state index contributed by atoms with van der Waals surface area (Å²) >= 11 is -0.826. The van der Waals surface area contributed by atoms with E-state index in [1.165, 1.54) is 137 Å². The van der Waals surface area contributed by atoms with Crippen molar-refractivity contribution in [3.63, 3.8) is 0 Å². The van der Waals surface area contributed by atoms with Gasteiger partial charge < -0.3 is 0 Å². The number of fused-ring (bicyclic) bond motifs is 5. The summed E-state index contributed by atoms with van der Waals surface area (Å²) in [6.07, 6.45) is 7.31. The van der Waals surface area contributed by atoms with Gasteiger partial charge in [-0.2, -0.15) is 41.6 Å². The molecule has 0 atom stereocenters. The molecule has 0 N–H and O–H groups in total. The van der Waals surface area contributed by atoms with Crippen LogP contribution in [0.1, 0.15) is 50.7 Å². The van der Waals surface area contributed by atoms with E-state index in [2.05, 4.69) is 280 Å². The second kappa shape index (κ2) is 27.7. The fraction of sp³-hybridized carbons (Fsp3) is 0.270. The molecular formula is C74H85Cl2Si5Zr-3. The minimum Gasteiger partial charge on any atom is -0.184 e. The fourth-order valence-corrected chi connectivity index (χ4v) is 17.4. The van der Waals surface area contributed by atoms with E-state index in [0.717, 1.165) is 9.52 Å². The second-order valence-corrected chi connectivity index (χ2v) is 51.8. The van der Waals surface area contributed by atoms with Crippen LogP contribution in [0.15, 0.2) is 188 Å². The van der Waals surface area contributed by atoms with Crippen molar-refractivity contribution in [3.8, 4) is 55.6 Å². The summed E-state index contributed by atoms with van der Waals surface area (Å²) in [5, 5.41) is 14.7. The maximum Gasteiger partial charge on any atom is 0.0920 e. The number of unbranched alkanes of at least 4 members (excludes halogenated alkanes) is 2. The minimum atomic E-state index is -1.46. The fourth-order valence-electron chi connectivity index (χ4n) is 11.1. The Balaban J connectivity index is 0.000000169. The van der Waals surface area contributed by atoms with Crippen molar-refractivity contribution in [3.05, 3.63) is 205 Å². The van der Waals surface area contributed by atoms with Gasteiger partial charge in [-0.15, -0.1) is 62.5 Å². The summed E-state index contributed by atoms with van der Waals surface area (Å²) in [7, 11) is 4.81. The van der Waals surface area contributed by atoms with Crippen molar-refractivity contribution in [1.82, 2.24) is 0 Å². The molecule has 11 rings (SSSR count). The molecule has 0 bridgehead atoms. The summed E-state index contributed by atoms with van der Waals surface area (Å²) in [6.45, 7) is 34.3. The average Bonchev–Trinajstić information content (AvgIpc) is 4.33. The van der Waals surface area contributed by atoms with Crippen molar-refractivity contribution < 1.29 is 20.8 Å². The molecule has 0 unspecified atom stereocenters. The topological polar surface area (TPSA) is 0 Å². The molecule has 82 heavy (non-hydrogen) atoms. The number of aryl methyl sites for hydroxylation is 2. The standard InChI is InChI=1S/2C31H39Si2.C12H7Si.2ClH.Zr/c2*1-8-9-13-23-18-25-16-17-29(24-14-11-10-12-15-24)31(30(25)19-23)26-20-27(32(2,3)4)22-28(21-26)33(5,6)7;1-3-7-11-9(5-1)10-6-2-4-8-12(10)13-11;;;/h2*10-12,14-22H,8-9,13H2,1-7H3;1-7H;2*1H;/q3*-1;;;+2/p-2. The van der Waals surface area contributed by atoms with Crippen LogP contribution in [0.3, 0.4) is 0 Å². The first kappa shape index (κ1) is 63.5. The molecule has 8 heteroatoms. The number of hydrogen-bond acceptors (Lipinski definition) is 0. The van der Waals surface area contributed by atoms with Crippen molar-refractivity contribution in [2.75, 3.05) is 0 Å². The molecule has 0 saturated heterocycles. The van der Waals surface area contributed by atoms with Crippen LogP contribution >= 0.6 is 17.0 Å². The van der Waals surface area contributed by atoms with E-state index in [9.17, 15) is 0 Å². The van der Waals surface area contributed by atoms with Crippen molar-refractivity contribution in [2.45, 2.75) is 131 Å². The van der Waals surface area contributed by atoms with Gasteiger partial charge >= 0.3 is 37.9 Å². The van der Waals surface area contributed by atoms with Crippen LogP contribution in [0.2, 0.25) is 78.6 Å². The van der Waals surface area contributed by atoms with Gasteiger partial charge in [-0.3, -0.25) is 0 Å². The molecule has 0 fully saturated rings. The molecule has 0 aliphatic carbocycles. The van der Waals surface area contributed by atoms with Gasteiger partial charge in [-0.05, 0) is 46.2 Å². The van der Waals surface area contributed by atoms with Gasteiger partial charge in [0.25, 0.3) is 0 Å². The number of rotatable bonds is 14. The summed E-state index contributed by atoms with van der Waals surface area (Å²) in [5.74, 6) is 0. The third-order valence-electron chi connectivity index (χ3n) is 15.9. The van der Waals surface area contributed by atoms with Gasteiger partial charge in [0.1, 0.15) is 0 Å². The largest absolute Gasteiger partial charge is 0.184 e. The summed E-state index contributed by atoms with van der Waals surface area (Å²) in [5.41, 5.74) is 16.7. The van der Waals surface area contributed by atoms with Crippen LogP contribution in [-0.4, -0.2) is 41.8 Å². The van der Waals surface area contributed by atoms with E-state index in [-0.39, 0.29) is 0 Å². The van der Waals surface area contributed by atoms with E-state index in [1.807, 2.05) is 6.07 Å². The molecule has 1 aliphatic rings. The van der Waals surface area contributed by atoms with Gasteiger partial charge in [0, 0.05) is 0 Å². The Kier molecular flexibility index (Phi) is 21.5. The van der Waals surface area contributed by atoms with Gasteiger partial charge in [-0.1, -0.05) is 294 Å². The van der Waals surface area contributed by atoms with Gasteiger partial charge in [0.05, 0.1) is 41.8 Å². The molecule has 0 saturated carbocycles. The van der Waals surface area contributed by atoms with Gasteiger partial charge in [0.15, 0.2) is 0 Å². The normalized spacial score (nSPS) is 12.1. The van der Waals surface area contributed by atoms with Crippen molar-refractivity contribution >= 4 is 112 Å². The Labute approximate surface area is 519 Å². The van der Waals surface area contributed by atoms with E-state index in [0.29, 0.717) is 0 Å². The molecule has 0 aromatic heterocycles. The Morgan fingerprint density at radius 1 is 0.415 bits per heavy atom. The van der Waals surface area contributed by atoms with Crippen LogP contribution in [0.25, 0.3) is 77.2 Å². The summed E-state index contributed by atoms with van der Waals surface area (Å²) < 4.78 is 0.